The first-order valence-electron chi connectivity index (χ1n) is 38.8. The van der Waals surface area contributed by atoms with E-state index >= 15 is 0 Å². The Labute approximate surface area is 532 Å². The maximum absolute atomic E-state index is 12.5. The van der Waals surface area contributed by atoms with Crippen LogP contribution in [0.25, 0.3) is 0 Å². The molecule has 0 saturated carbocycles. The van der Waals surface area contributed by atoms with Gasteiger partial charge in [0.25, 0.3) is 0 Å². The molecule has 0 aromatic carbocycles. The van der Waals surface area contributed by atoms with E-state index in [9.17, 15) is 19.8 Å². The number of nitrogens with one attached hydrogen (secondary N) is 1. The average Bonchev–Trinajstić information content (AvgIpc) is 3.51. The summed E-state index contributed by atoms with van der Waals surface area (Å²) in [5.74, 6) is -0.0456. The Morgan fingerprint density at radius 2 is 0.588 bits per heavy atom. The van der Waals surface area contributed by atoms with E-state index in [1.165, 1.54) is 353 Å². The van der Waals surface area contributed by atoms with E-state index in [0.717, 1.165) is 51.4 Å². The van der Waals surface area contributed by atoms with Crippen molar-refractivity contribution in [3.05, 3.63) is 36.5 Å². The second-order valence-corrected chi connectivity index (χ2v) is 26.7. The van der Waals surface area contributed by atoms with Gasteiger partial charge in [0.2, 0.25) is 5.91 Å². The van der Waals surface area contributed by atoms with Gasteiger partial charge in [-0.3, -0.25) is 9.59 Å². The Kier molecular flexibility index (Phi) is 72.9. The van der Waals surface area contributed by atoms with Gasteiger partial charge < -0.3 is 20.3 Å². The molecule has 0 aromatic heterocycles. The Bertz CT molecular complexity index is 1380. The lowest BCUT2D eigenvalue weighted by atomic mass is 10.0. The zero-order valence-corrected chi connectivity index (χ0v) is 57.6. The first-order valence-corrected chi connectivity index (χ1v) is 38.8. The highest BCUT2D eigenvalue weighted by atomic mass is 16.5. The Hall–Kier alpha value is -1.92. The van der Waals surface area contributed by atoms with Gasteiger partial charge in [-0.2, -0.15) is 0 Å². The fraction of sp³-hybridized carbons (Fsp3) is 0.899. The van der Waals surface area contributed by atoms with Crippen molar-refractivity contribution in [2.24, 2.45) is 0 Å². The number of carbonyl (C=O) groups excluding carboxylic acids is 2. The molecule has 2 unspecified atom stereocenters. The molecule has 0 spiro atoms. The van der Waals surface area contributed by atoms with Crippen molar-refractivity contribution in [2.45, 2.75) is 443 Å². The van der Waals surface area contributed by atoms with Crippen molar-refractivity contribution in [1.29, 1.82) is 0 Å². The van der Waals surface area contributed by atoms with E-state index in [-0.39, 0.29) is 18.5 Å². The summed E-state index contributed by atoms with van der Waals surface area (Å²) < 4.78 is 5.51. The maximum atomic E-state index is 12.5. The molecule has 6 nitrogen and oxygen atoms in total. The highest BCUT2D eigenvalue weighted by Crippen LogP contribution is 2.20. The van der Waals surface area contributed by atoms with Crippen LogP contribution in [0.3, 0.4) is 0 Å². The molecule has 85 heavy (non-hydrogen) atoms. The van der Waals surface area contributed by atoms with Crippen LogP contribution in [0.5, 0.6) is 0 Å². The zero-order valence-electron chi connectivity index (χ0n) is 57.6. The molecule has 0 bridgehead atoms. The van der Waals surface area contributed by atoms with Crippen LogP contribution < -0.4 is 5.32 Å². The maximum Gasteiger partial charge on any atom is 0.305 e. The molecule has 502 valence electrons. The van der Waals surface area contributed by atoms with Gasteiger partial charge in [0, 0.05) is 12.8 Å². The number of hydrogen-bond acceptors (Lipinski definition) is 5. The molecular formula is C79H151NO5. The number of rotatable bonds is 73. The molecule has 0 aliphatic carbocycles. The van der Waals surface area contributed by atoms with Crippen molar-refractivity contribution < 1.29 is 24.5 Å². The molecule has 0 heterocycles. The number of amides is 1. The third-order valence-electron chi connectivity index (χ3n) is 18.2. The molecule has 0 aliphatic heterocycles. The first kappa shape index (κ1) is 83.1. The van der Waals surface area contributed by atoms with Crippen LogP contribution >= 0.6 is 0 Å². The Balaban J connectivity index is 3.34. The van der Waals surface area contributed by atoms with E-state index in [1.807, 2.05) is 6.08 Å². The summed E-state index contributed by atoms with van der Waals surface area (Å²) in [6.07, 6.45) is 96.9. The largest absolute Gasteiger partial charge is 0.466 e. The number of hydrogen-bond donors (Lipinski definition) is 3. The first-order chi connectivity index (χ1) is 42.0. The monoisotopic (exact) mass is 1190 g/mol. The summed E-state index contributed by atoms with van der Waals surface area (Å²) >= 11 is 0. The van der Waals surface area contributed by atoms with E-state index in [0.29, 0.717) is 19.4 Å². The third-order valence-corrected chi connectivity index (χ3v) is 18.2. The highest BCUT2D eigenvalue weighted by molar-refractivity contribution is 5.76. The van der Waals surface area contributed by atoms with E-state index in [4.69, 9.17) is 4.74 Å². The second-order valence-electron chi connectivity index (χ2n) is 26.7. The molecule has 3 N–H and O–H groups in total. The number of esters is 1. The van der Waals surface area contributed by atoms with Crippen molar-refractivity contribution >= 4 is 11.9 Å². The Morgan fingerprint density at radius 3 is 0.906 bits per heavy atom. The smallest absolute Gasteiger partial charge is 0.305 e. The summed E-state index contributed by atoms with van der Waals surface area (Å²) in [5, 5.41) is 23.2. The second kappa shape index (κ2) is 74.5. The number of allylic oxidation sites excluding steroid dienone is 5. The molecule has 0 aromatic rings. The average molecular weight is 1200 g/mol. The van der Waals surface area contributed by atoms with Crippen LogP contribution in [0.4, 0.5) is 0 Å². The minimum Gasteiger partial charge on any atom is -0.466 e. The van der Waals surface area contributed by atoms with Crippen LogP contribution in [0, 0.1) is 0 Å². The molecule has 0 aliphatic rings. The minimum absolute atomic E-state index is 0.0142. The van der Waals surface area contributed by atoms with Crippen LogP contribution in [-0.2, 0) is 14.3 Å². The fourth-order valence-electron chi connectivity index (χ4n) is 12.3. The lowest BCUT2D eigenvalue weighted by molar-refractivity contribution is -0.143. The molecule has 0 fully saturated rings. The van der Waals surface area contributed by atoms with Crippen molar-refractivity contribution in [1.82, 2.24) is 5.32 Å². The highest BCUT2D eigenvalue weighted by Gasteiger charge is 2.18. The van der Waals surface area contributed by atoms with Gasteiger partial charge in [-0.25, -0.2) is 0 Å². The zero-order chi connectivity index (χ0) is 61.3. The van der Waals surface area contributed by atoms with E-state index in [2.05, 4.69) is 43.5 Å². The summed E-state index contributed by atoms with van der Waals surface area (Å²) in [6.45, 7) is 4.93. The number of ether oxygens (including phenoxy) is 1. The van der Waals surface area contributed by atoms with Gasteiger partial charge >= 0.3 is 5.97 Å². The van der Waals surface area contributed by atoms with Gasteiger partial charge in [-0.1, -0.05) is 391 Å². The van der Waals surface area contributed by atoms with E-state index < -0.39 is 12.1 Å². The van der Waals surface area contributed by atoms with Crippen molar-refractivity contribution in [3.63, 3.8) is 0 Å². The summed E-state index contributed by atoms with van der Waals surface area (Å²) in [7, 11) is 0. The normalized spacial score (nSPS) is 12.7. The van der Waals surface area contributed by atoms with Crippen LogP contribution in [0.1, 0.15) is 431 Å². The SMILES string of the molecule is CCCCCC/C=C\C/C=C\CCCCCCCCCC(=O)OCCCCCCCCCCCCCCCCCCCCCCCCCCCCCCCCCCC(=O)NC(CO)C(O)/C=C/CCCCCCCCCCCCCCCCCC. The number of aliphatic hydroxyl groups is 2. The van der Waals surface area contributed by atoms with Gasteiger partial charge in [0.1, 0.15) is 0 Å². The summed E-state index contributed by atoms with van der Waals surface area (Å²) in [4.78, 5) is 24.6. The van der Waals surface area contributed by atoms with Crippen molar-refractivity contribution in [3.8, 4) is 0 Å². The van der Waals surface area contributed by atoms with Crippen LogP contribution in [0.2, 0.25) is 0 Å². The van der Waals surface area contributed by atoms with Crippen molar-refractivity contribution in [2.75, 3.05) is 13.2 Å². The standard InChI is InChI=1S/C79H151NO5/c1-3-5-7-9-11-13-15-17-19-21-39-43-47-51-55-59-63-67-71-77(82)76(75-81)80-78(83)72-68-64-60-56-52-48-44-40-37-35-33-31-29-27-25-23-24-26-28-30-32-34-36-38-42-46-50-54-58-62-66-70-74-85-79(84)73-69-65-61-57-53-49-45-41-22-20-18-16-14-12-10-8-6-4-2/h14,16,20,22,67,71,76-77,81-82H,3-13,15,17-19,21,23-66,68-70,72-75H2,1-2H3,(H,80,83)/b16-14-,22-20-,71-67+. The molecule has 0 radical (unpaired) electrons. The molecule has 0 rings (SSSR count). The number of aliphatic hydroxyl groups excluding tert-OH is 2. The molecule has 2 atom stereocenters. The summed E-state index contributed by atoms with van der Waals surface area (Å²) in [6, 6.07) is -0.625. The third kappa shape index (κ3) is 71.0. The topological polar surface area (TPSA) is 95.9 Å². The van der Waals surface area contributed by atoms with Gasteiger partial charge in [-0.15, -0.1) is 0 Å². The predicted molar refractivity (Wildman–Crippen MR) is 375 cm³/mol. The van der Waals surface area contributed by atoms with E-state index in [1.54, 1.807) is 6.08 Å². The predicted octanol–water partition coefficient (Wildman–Crippen LogP) is 25.4. The molecule has 0 saturated heterocycles. The quantitative estimate of drug-likeness (QED) is 0.0320. The van der Waals surface area contributed by atoms with Gasteiger partial charge in [0.05, 0.1) is 25.4 Å². The Morgan fingerprint density at radius 1 is 0.329 bits per heavy atom. The minimum atomic E-state index is -0.842. The number of unbranched alkanes of at least 4 members (excludes halogenated alkanes) is 58. The van der Waals surface area contributed by atoms with Crippen LogP contribution in [0.15, 0.2) is 36.5 Å². The lowest BCUT2D eigenvalue weighted by Crippen LogP contribution is -2.45. The molecular weight excluding hydrogens is 1040 g/mol. The lowest BCUT2D eigenvalue weighted by Gasteiger charge is -2.20. The van der Waals surface area contributed by atoms with Crippen LogP contribution in [-0.4, -0.2) is 47.4 Å². The summed E-state index contributed by atoms with van der Waals surface area (Å²) in [5.41, 5.74) is 0. The molecule has 1 amide bonds. The van der Waals surface area contributed by atoms with Gasteiger partial charge in [0.15, 0.2) is 0 Å². The fourth-order valence-corrected chi connectivity index (χ4v) is 12.3. The van der Waals surface area contributed by atoms with Gasteiger partial charge in [-0.05, 0) is 64.2 Å². The molecule has 6 heteroatoms. The number of carbonyl (C=O) groups is 2.